The number of hydrogen-bond acceptors (Lipinski definition) is 3. The number of fused-ring (bicyclic) bond motifs is 1. The van der Waals surface area contributed by atoms with Gasteiger partial charge in [-0.05, 0) is 83.3 Å². The van der Waals surface area contributed by atoms with Crippen LogP contribution in [0, 0.1) is 19.8 Å². The predicted octanol–water partition coefficient (Wildman–Crippen LogP) is 12.2. The second-order valence-electron chi connectivity index (χ2n) is 13.7. The van der Waals surface area contributed by atoms with Gasteiger partial charge in [0.05, 0.1) is 27.8 Å². The summed E-state index contributed by atoms with van der Waals surface area (Å²) in [4.78, 5) is 9.82. The van der Waals surface area contributed by atoms with Crippen LogP contribution in [0.1, 0.15) is 51.2 Å². The van der Waals surface area contributed by atoms with Crippen molar-refractivity contribution in [2.24, 2.45) is 0 Å². The van der Waals surface area contributed by atoms with Gasteiger partial charge in [-0.2, -0.15) is 0 Å². The van der Waals surface area contributed by atoms with E-state index in [0.717, 1.165) is 16.7 Å². The number of pyridine rings is 1. The standard InChI is InChI=1S/C48H40N3O.Pt/c1-31-18-20-34(21-19-31)36-24-25-49-42(30-36)38-27-37(28-39(29-38)48(3,4)5)40-15-11-16-44-46(40)50-47(41-14-9-10-17-45(41)52)51(44)43-23-22-35(26-32(43)2)33-12-7-6-8-13-33;/h6-26,28-30,52H,1-5H3;/q-1;/i1D3,2D3,18D,19D,20D,21D;. The Balaban J connectivity index is 0.00000595. The molecular formula is C48H40N3OPt-. The van der Waals surface area contributed by atoms with Crippen LogP contribution >= 0.6 is 0 Å². The van der Waals surface area contributed by atoms with E-state index in [2.05, 4.69) is 31.8 Å². The van der Waals surface area contributed by atoms with Crippen molar-refractivity contribution >= 4 is 11.0 Å². The van der Waals surface area contributed by atoms with Gasteiger partial charge in [-0.3, -0.25) is 9.55 Å². The summed E-state index contributed by atoms with van der Waals surface area (Å²) in [5.41, 5.74) is 6.01. The summed E-state index contributed by atoms with van der Waals surface area (Å²) < 4.78 is 85.8. The summed E-state index contributed by atoms with van der Waals surface area (Å²) in [5, 5.41) is 11.2. The second-order valence-corrected chi connectivity index (χ2v) is 13.7. The van der Waals surface area contributed by atoms with E-state index >= 15 is 0 Å². The Bertz CT molecular complexity index is 3020. The van der Waals surface area contributed by atoms with Crippen molar-refractivity contribution < 1.29 is 39.9 Å². The molecule has 6 aromatic carbocycles. The molecule has 0 unspecified atom stereocenters. The summed E-state index contributed by atoms with van der Waals surface area (Å²) in [6.07, 6.45) is 1.50. The van der Waals surface area contributed by atoms with Gasteiger partial charge in [0.2, 0.25) is 0 Å². The largest absolute Gasteiger partial charge is 0.507 e. The number of benzene rings is 6. The maximum absolute atomic E-state index is 11.2. The van der Waals surface area contributed by atoms with Crippen molar-refractivity contribution in [2.45, 2.75) is 39.9 Å². The van der Waals surface area contributed by atoms with Crippen molar-refractivity contribution in [2.75, 3.05) is 0 Å². The molecule has 0 aliphatic carbocycles. The van der Waals surface area contributed by atoms with Crippen LogP contribution in [0.15, 0.2) is 146 Å². The van der Waals surface area contributed by atoms with Gasteiger partial charge >= 0.3 is 0 Å². The third-order valence-electron chi connectivity index (χ3n) is 9.15. The number of nitrogens with zero attached hydrogens (tertiary/aromatic N) is 3. The molecule has 0 atom stereocenters. The van der Waals surface area contributed by atoms with E-state index < -0.39 is 43.4 Å². The molecule has 4 nitrogen and oxygen atoms in total. The number of imidazole rings is 1. The molecule has 2 aromatic heterocycles. The molecule has 0 radical (unpaired) electrons. The minimum atomic E-state index is -2.84. The molecule has 8 rings (SSSR count). The molecule has 1 N–H and O–H groups in total. The zero-order valence-corrected chi connectivity index (χ0v) is 31.4. The molecule has 8 aromatic rings. The summed E-state index contributed by atoms with van der Waals surface area (Å²) in [5.74, 6) is 0.292. The minimum absolute atomic E-state index is 0. The van der Waals surface area contributed by atoms with Crippen LogP contribution in [0.3, 0.4) is 0 Å². The van der Waals surface area contributed by atoms with E-state index in [9.17, 15) is 5.11 Å². The first-order valence-electron chi connectivity index (χ1n) is 21.9. The Kier molecular flexibility index (Phi) is 6.93. The Morgan fingerprint density at radius 2 is 1.43 bits per heavy atom. The van der Waals surface area contributed by atoms with E-state index in [-0.39, 0.29) is 43.4 Å². The van der Waals surface area contributed by atoms with Crippen LogP contribution in [-0.2, 0) is 26.5 Å². The molecule has 0 aliphatic rings. The Labute approximate surface area is 340 Å². The molecule has 0 saturated heterocycles. The number of aromatic nitrogens is 3. The molecule has 2 heterocycles. The Hall–Kier alpha value is -5.57. The quantitative estimate of drug-likeness (QED) is 0.169. The number of aromatic hydroxyl groups is 1. The fraction of sp³-hybridized carbons (Fsp3) is 0.125. The Morgan fingerprint density at radius 3 is 2.19 bits per heavy atom. The molecule has 0 amide bonds. The van der Waals surface area contributed by atoms with Crippen molar-refractivity contribution in [3.8, 4) is 67.5 Å². The molecule has 264 valence electrons. The van der Waals surface area contributed by atoms with E-state index in [0.29, 0.717) is 56.1 Å². The molecule has 0 aliphatic heterocycles. The third kappa shape index (κ3) is 7.00. The molecule has 5 heteroatoms. The normalized spacial score (nSPS) is 14.6. The van der Waals surface area contributed by atoms with Crippen molar-refractivity contribution in [3.63, 3.8) is 0 Å². The van der Waals surface area contributed by atoms with Gasteiger partial charge in [0.15, 0.2) is 0 Å². The average molecular weight is 880 g/mol. The first-order valence-corrected chi connectivity index (χ1v) is 16.9. The minimum Gasteiger partial charge on any atom is -0.507 e. The summed E-state index contributed by atoms with van der Waals surface area (Å²) in [6, 6.07) is 35.8. The van der Waals surface area contributed by atoms with Crippen LogP contribution < -0.4 is 0 Å². The average Bonchev–Trinajstić information content (AvgIpc) is 3.62. The van der Waals surface area contributed by atoms with Gasteiger partial charge in [-0.1, -0.05) is 128 Å². The van der Waals surface area contributed by atoms with Crippen molar-refractivity contribution in [3.05, 3.63) is 168 Å². The molecule has 0 spiro atoms. The number of para-hydroxylation sites is 2. The monoisotopic (exact) mass is 879 g/mol. The first kappa shape index (κ1) is 25.4. The van der Waals surface area contributed by atoms with Gasteiger partial charge in [0.25, 0.3) is 0 Å². The Morgan fingerprint density at radius 1 is 0.698 bits per heavy atom. The zero-order chi connectivity index (χ0) is 44.5. The summed E-state index contributed by atoms with van der Waals surface area (Å²) >= 11 is 0. The van der Waals surface area contributed by atoms with Crippen LogP contribution in [0.25, 0.3) is 72.7 Å². The zero-order valence-electron chi connectivity index (χ0n) is 39.2. The number of aryl methyl sites for hydroxylation is 1. The number of rotatable bonds is 6. The maximum atomic E-state index is 11.2. The van der Waals surface area contributed by atoms with Crippen LogP contribution in [0.5, 0.6) is 5.75 Å². The molecule has 0 bridgehead atoms. The first-order chi connectivity index (χ1) is 29.2. The topological polar surface area (TPSA) is 50.9 Å². The predicted molar refractivity (Wildman–Crippen MR) is 215 cm³/mol. The van der Waals surface area contributed by atoms with Crippen molar-refractivity contribution in [1.82, 2.24) is 14.5 Å². The van der Waals surface area contributed by atoms with Crippen molar-refractivity contribution in [1.29, 1.82) is 0 Å². The molecule has 0 saturated carbocycles. The molecule has 0 fully saturated rings. The van der Waals surface area contributed by atoms with E-state index in [1.54, 1.807) is 53.1 Å². The van der Waals surface area contributed by atoms with Gasteiger partial charge in [0.1, 0.15) is 11.6 Å². The van der Waals surface area contributed by atoms with E-state index in [1.807, 2.05) is 66.7 Å². The SMILES string of the molecule is [2H]c1c([2H])c(C([2H])([2H])[2H])c([2H])c([2H])c1-c1ccnc(-c2[c-]c(-c3cccc4c3nc(-c3ccccc3O)n4-c3ccc(-c4ccccc4)cc3C([2H])([2H])[2H])cc(C(C)(C)C)c2)c1.[Pt]. The van der Waals surface area contributed by atoms with Crippen LogP contribution in [0.2, 0.25) is 0 Å². The summed E-state index contributed by atoms with van der Waals surface area (Å²) in [7, 11) is 0. The van der Waals surface area contributed by atoms with Crippen LogP contribution in [0.4, 0.5) is 0 Å². The fourth-order valence-electron chi connectivity index (χ4n) is 6.42. The maximum Gasteiger partial charge on any atom is 0.148 e. The molecule has 53 heavy (non-hydrogen) atoms. The van der Waals surface area contributed by atoms with E-state index in [4.69, 9.17) is 18.7 Å². The van der Waals surface area contributed by atoms with Gasteiger partial charge < -0.3 is 5.11 Å². The number of phenols is 1. The summed E-state index contributed by atoms with van der Waals surface area (Å²) in [6.45, 7) is 0.831. The third-order valence-corrected chi connectivity index (χ3v) is 9.15. The van der Waals surface area contributed by atoms with E-state index in [1.165, 1.54) is 6.20 Å². The fourth-order valence-corrected chi connectivity index (χ4v) is 6.42. The van der Waals surface area contributed by atoms with Gasteiger partial charge in [-0.25, -0.2) is 4.98 Å². The number of phenolic OH excluding ortho intramolecular Hbond substituents is 1. The molecular weight excluding hydrogens is 830 g/mol. The van der Waals surface area contributed by atoms with Gasteiger partial charge in [-0.15, -0.1) is 29.3 Å². The van der Waals surface area contributed by atoms with Crippen LogP contribution in [-0.4, -0.2) is 19.6 Å². The smallest absolute Gasteiger partial charge is 0.148 e. The van der Waals surface area contributed by atoms with Gasteiger partial charge in [0, 0.05) is 41.2 Å². The number of hydrogen-bond donors (Lipinski definition) is 1. The second kappa shape index (κ2) is 14.5.